The molecule has 0 spiro atoms. The molecule has 0 radical (unpaired) electrons. The van der Waals surface area contributed by atoms with Gasteiger partial charge in [-0.25, -0.2) is 0 Å². The summed E-state index contributed by atoms with van der Waals surface area (Å²) >= 11 is 0. The molecule has 0 saturated heterocycles. The van der Waals surface area contributed by atoms with E-state index in [2.05, 4.69) is 6.92 Å². The summed E-state index contributed by atoms with van der Waals surface area (Å²) in [5.74, 6) is 1.84. The van der Waals surface area contributed by atoms with Crippen LogP contribution in [0.1, 0.15) is 20.3 Å². The second-order valence-electron chi connectivity index (χ2n) is 2.87. The molecule has 1 aliphatic carbocycles. The molecule has 0 aromatic carbocycles. The van der Waals surface area contributed by atoms with Crippen LogP contribution >= 0.6 is 0 Å². The first kappa shape index (κ1) is 5.80. The maximum atomic E-state index is 10.1. The Kier molecular flexibility index (Phi) is 1.37. The minimum Gasteiger partial charge on any atom is -0.303 e. The second kappa shape index (κ2) is 1.88. The number of rotatable bonds is 2. The number of aldehydes is 1. The van der Waals surface area contributed by atoms with Crippen molar-refractivity contribution in [3.05, 3.63) is 0 Å². The average molecular weight is 112 g/mol. The van der Waals surface area contributed by atoms with Gasteiger partial charge < -0.3 is 4.79 Å². The lowest BCUT2D eigenvalue weighted by Crippen LogP contribution is -1.98. The van der Waals surface area contributed by atoms with E-state index in [1.807, 2.05) is 6.92 Å². The van der Waals surface area contributed by atoms with Crippen LogP contribution in [0.25, 0.3) is 0 Å². The Labute approximate surface area is 50.1 Å². The first-order valence-corrected chi connectivity index (χ1v) is 3.21. The number of carbonyl (C=O) groups excluding carboxylic acids is 1. The zero-order chi connectivity index (χ0) is 6.15. The van der Waals surface area contributed by atoms with Crippen LogP contribution in [-0.2, 0) is 4.79 Å². The van der Waals surface area contributed by atoms with Crippen molar-refractivity contribution in [2.24, 2.45) is 17.8 Å². The third-order valence-corrected chi connectivity index (χ3v) is 2.06. The fourth-order valence-electron chi connectivity index (χ4n) is 1.18. The van der Waals surface area contributed by atoms with E-state index in [4.69, 9.17) is 0 Å². The van der Waals surface area contributed by atoms with Gasteiger partial charge in [0.05, 0.1) is 0 Å². The van der Waals surface area contributed by atoms with Gasteiger partial charge in [0.2, 0.25) is 0 Å². The van der Waals surface area contributed by atoms with Gasteiger partial charge in [-0.2, -0.15) is 0 Å². The molecule has 0 amide bonds. The van der Waals surface area contributed by atoms with E-state index in [1.165, 1.54) is 6.42 Å². The van der Waals surface area contributed by atoms with Crippen molar-refractivity contribution in [1.82, 2.24) is 0 Å². The molecule has 0 heterocycles. The summed E-state index contributed by atoms with van der Waals surface area (Å²) < 4.78 is 0. The van der Waals surface area contributed by atoms with Gasteiger partial charge in [-0.1, -0.05) is 13.8 Å². The molecule has 0 bridgehead atoms. The van der Waals surface area contributed by atoms with Crippen molar-refractivity contribution in [2.45, 2.75) is 20.3 Å². The molecule has 1 fully saturated rings. The van der Waals surface area contributed by atoms with Crippen molar-refractivity contribution in [3.8, 4) is 0 Å². The third-order valence-electron chi connectivity index (χ3n) is 2.06. The fraction of sp³-hybridized carbons (Fsp3) is 0.857. The normalized spacial score (nSPS) is 38.8. The van der Waals surface area contributed by atoms with E-state index < -0.39 is 0 Å². The highest BCUT2D eigenvalue weighted by atomic mass is 16.1. The maximum absolute atomic E-state index is 10.1. The largest absolute Gasteiger partial charge is 0.303 e. The summed E-state index contributed by atoms with van der Waals surface area (Å²) in [5, 5.41) is 0. The smallest absolute Gasteiger partial charge is 0.123 e. The van der Waals surface area contributed by atoms with Crippen LogP contribution in [0, 0.1) is 17.8 Å². The zero-order valence-corrected chi connectivity index (χ0v) is 5.42. The van der Waals surface area contributed by atoms with E-state index in [-0.39, 0.29) is 0 Å². The number of carbonyl (C=O) groups is 1. The summed E-state index contributed by atoms with van der Waals surface area (Å²) in [7, 11) is 0. The lowest BCUT2D eigenvalue weighted by molar-refractivity contribution is -0.111. The zero-order valence-electron chi connectivity index (χ0n) is 5.42. The number of hydrogen-bond acceptors (Lipinski definition) is 1. The maximum Gasteiger partial charge on any atom is 0.123 e. The molecular weight excluding hydrogens is 100 g/mol. The summed E-state index contributed by atoms with van der Waals surface area (Å²) in [6.45, 7) is 4.20. The van der Waals surface area contributed by atoms with Gasteiger partial charge in [0, 0.05) is 5.92 Å². The fourth-order valence-corrected chi connectivity index (χ4v) is 1.18. The summed E-state index contributed by atoms with van der Waals surface area (Å²) in [6.07, 6.45) is 2.33. The van der Waals surface area contributed by atoms with E-state index in [9.17, 15) is 4.79 Å². The monoisotopic (exact) mass is 112 g/mol. The van der Waals surface area contributed by atoms with Crippen molar-refractivity contribution in [2.75, 3.05) is 0 Å². The molecule has 1 aliphatic rings. The lowest BCUT2D eigenvalue weighted by Gasteiger charge is -1.95. The Morgan fingerprint density at radius 1 is 1.75 bits per heavy atom. The van der Waals surface area contributed by atoms with Crippen LogP contribution in [-0.4, -0.2) is 6.29 Å². The Balaban J connectivity index is 2.27. The van der Waals surface area contributed by atoms with E-state index in [1.54, 1.807) is 0 Å². The molecule has 1 heteroatoms. The molecule has 0 N–H and O–H groups in total. The molecule has 1 saturated carbocycles. The second-order valence-corrected chi connectivity index (χ2v) is 2.87. The van der Waals surface area contributed by atoms with Crippen molar-refractivity contribution in [1.29, 1.82) is 0 Å². The molecule has 46 valence electrons. The molecule has 0 aromatic rings. The van der Waals surface area contributed by atoms with Gasteiger partial charge in [-0.15, -0.1) is 0 Å². The Morgan fingerprint density at radius 2 is 2.25 bits per heavy atom. The van der Waals surface area contributed by atoms with Crippen LogP contribution in [0.4, 0.5) is 0 Å². The summed E-state index contributed by atoms with van der Waals surface area (Å²) in [4.78, 5) is 10.1. The SMILES string of the molecule is CC(C=O)C1CC1C. The van der Waals surface area contributed by atoms with Crippen LogP contribution in [0.15, 0.2) is 0 Å². The predicted octanol–water partition coefficient (Wildman–Crippen LogP) is 1.48. The minimum atomic E-state index is 0.310. The van der Waals surface area contributed by atoms with Gasteiger partial charge in [-0.05, 0) is 18.3 Å². The highest BCUT2D eigenvalue weighted by Crippen LogP contribution is 2.42. The molecule has 1 rings (SSSR count). The quantitative estimate of drug-likeness (QED) is 0.494. The van der Waals surface area contributed by atoms with Crippen LogP contribution < -0.4 is 0 Å². The Bertz CT molecular complexity index is 98.6. The van der Waals surface area contributed by atoms with Gasteiger partial charge in [-0.3, -0.25) is 0 Å². The van der Waals surface area contributed by atoms with E-state index in [0.29, 0.717) is 11.8 Å². The molecule has 0 aromatic heterocycles. The molecular formula is C7H12O. The number of hydrogen-bond donors (Lipinski definition) is 0. The van der Waals surface area contributed by atoms with Crippen LogP contribution in [0.2, 0.25) is 0 Å². The van der Waals surface area contributed by atoms with Gasteiger partial charge in [0.15, 0.2) is 0 Å². The van der Waals surface area contributed by atoms with E-state index in [0.717, 1.165) is 12.2 Å². The highest BCUT2D eigenvalue weighted by molar-refractivity contribution is 5.54. The van der Waals surface area contributed by atoms with Crippen molar-refractivity contribution < 1.29 is 4.79 Å². The molecule has 0 aliphatic heterocycles. The Hall–Kier alpha value is -0.330. The van der Waals surface area contributed by atoms with Crippen molar-refractivity contribution in [3.63, 3.8) is 0 Å². The Morgan fingerprint density at radius 3 is 2.38 bits per heavy atom. The minimum absolute atomic E-state index is 0.310. The van der Waals surface area contributed by atoms with Crippen LogP contribution in [0.5, 0.6) is 0 Å². The molecule has 1 nitrogen and oxygen atoms in total. The molecule has 3 unspecified atom stereocenters. The molecule has 8 heavy (non-hydrogen) atoms. The predicted molar refractivity (Wildman–Crippen MR) is 32.5 cm³/mol. The highest BCUT2D eigenvalue weighted by Gasteiger charge is 2.36. The first-order valence-electron chi connectivity index (χ1n) is 3.21. The van der Waals surface area contributed by atoms with Crippen molar-refractivity contribution >= 4 is 6.29 Å². The molecule has 3 atom stereocenters. The van der Waals surface area contributed by atoms with Gasteiger partial charge in [0.1, 0.15) is 6.29 Å². The van der Waals surface area contributed by atoms with Gasteiger partial charge in [0.25, 0.3) is 0 Å². The topological polar surface area (TPSA) is 17.1 Å². The van der Waals surface area contributed by atoms with E-state index >= 15 is 0 Å². The van der Waals surface area contributed by atoms with Gasteiger partial charge >= 0.3 is 0 Å². The standard InChI is InChI=1S/C7H12O/c1-5-3-7(5)6(2)4-8/h4-7H,3H2,1-2H3. The first-order chi connectivity index (χ1) is 3.75. The third kappa shape index (κ3) is 0.908. The van der Waals surface area contributed by atoms with Crippen LogP contribution in [0.3, 0.4) is 0 Å². The lowest BCUT2D eigenvalue weighted by atomic mass is 10.1. The average Bonchev–Trinajstić information content (AvgIpc) is 2.45. The summed E-state index contributed by atoms with van der Waals surface area (Å²) in [6, 6.07) is 0. The summed E-state index contributed by atoms with van der Waals surface area (Å²) in [5.41, 5.74) is 0.